The van der Waals surface area contributed by atoms with E-state index in [2.05, 4.69) is 172 Å². The van der Waals surface area contributed by atoms with Gasteiger partial charge in [-0.25, -0.2) is 9.97 Å². The van der Waals surface area contributed by atoms with Crippen molar-refractivity contribution in [2.75, 3.05) is 0 Å². The van der Waals surface area contributed by atoms with Crippen LogP contribution in [-0.2, 0) is 5.41 Å². The van der Waals surface area contributed by atoms with E-state index < -0.39 is 0 Å². The first-order valence-electron chi connectivity index (χ1n) is 18.9. The van der Waals surface area contributed by atoms with Crippen LogP contribution in [0.4, 0.5) is 0 Å². The number of hydrogen-bond donors (Lipinski definition) is 0. The van der Waals surface area contributed by atoms with E-state index >= 15 is 0 Å². The predicted molar refractivity (Wildman–Crippen MR) is 230 cm³/mol. The van der Waals surface area contributed by atoms with E-state index in [-0.39, 0.29) is 5.41 Å². The molecule has 0 bridgehead atoms. The summed E-state index contributed by atoms with van der Waals surface area (Å²) in [6.45, 7) is 9.32. The van der Waals surface area contributed by atoms with Crippen LogP contribution in [0.3, 0.4) is 0 Å². The lowest BCUT2D eigenvalue weighted by molar-refractivity contribution is 0.649. The van der Waals surface area contributed by atoms with Crippen molar-refractivity contribution < 1.29 is 0 Å². The summed E-state index contributed by atoms with van der Waals surface area (Å²) in [6, 6.07) is 58.6. The normalized spacial score (nSPS) is 12.9. The van der Waals surface area contributed by atoms with Gasteiger partial charge < -0.3 is 4.57 Å². The van der Waals surface area contributed by atoms with Gasteiger partial charge in [0.05, 0.1) is 22.4 Å². The van der Waals surface area contributed by atoms with E-state index in [0.717, 1.165) is 39.6 Å². The van der Waals surface area contributed by atoms with Crippen molar-refractivity contribution in [2.24, 2.45) is 0 Å². The number of nitrogens with zero attached hydrogens (tertiary/aromatic N) is 3. The zero-order valence-corrected chi connectivity index (χ0v) is 32.2. The molecule has 0 N–H and O–H groups in total. The molecule has 4 heteroatoms. The first-order chi connectivity index (χ1) is 26.9. The van der Waals surface area contributed by atoms with Crippen LogP contribution in [0.15, 0.2) is 174 Å². The largest absolute Gasteiger partial charge is 0.309 e. The van der Waals surface area contributed by atoms with Gasteiger partial charge in [-0.3, -0.25) is 0 Å². The highest BCUT2D eigenvalue weighted by atomic mass is 32.2. The Morgan fingerprint density at radius 1 is 0.509 bits per heavy atom. The molecule has 0 fully saturated rings. The topological polar surface area (TPSA) is 30.7 Å². The Kier molecular flexibility index (Phi) is 7.86. The van der Waals surface area contributed by atoms with Crippen molar-refractivity contribution in [2.45, 2.75) is 42.9 Å². The molecule has 9 aromatic rings. The fraction of sp³-hybridized carbons (Fsp3) is 0.0980. The lowest BCUT2D eigenvalue weighted by Crippen LogP contribution is -2.18. The molecule has 7 aromatic carbocycles. The fourth-order valence-corrected chi connectivity index (χ4v) is 9.89. The third-order valence-electron chi connectivity index (χ3n) is 11.3. The predicted octanol–water partition coefficient (Wildman–Crippen LogP) is 13.6. The molecular formula is C51H39N3S. The highest BCUT2D eigenvalue weighted by Gasteiger charge is 2.41. The second-order valence-corrected chi connectivity index (χ2v) is 16.2. The van der Waals surface area contributed by atoms with Gasteiger partial charge in [0.1, 0.15) is 0 Å². The van der Waals surface area contributed by atoms with E-state index in [1.807, 2.05) is 36.0 Å². The van der Waals surface area contributed by atoms with E-state index in [1.54, 1.807) is 0 Å². The molecule has 0 aliphatic heterocycles. The molecule has 0 radical (unpaired) electrons. The molecular weight excluding hydrogens is 687 g/mol. The molecule has 0 amide bonds. The quantitative estimate of drug-likeness (QED) is 0.171. The third kappa shape index (κ3) is 5.43. The van der Waals surface area contributed by atoms with E-state index in [0.29, 0.717) is 0 Å². The first kappa shape index (κ1) is 33.3. The van der Waals surface area contributed by atoms with Crippen molar-refractivity contribution in [1.82, 2.24) is 14.5 Å². The van der Waals surface area contributed by atoms with Crippen LogP contribution in [0, 0.1) is 13.8 Å². The Bertz CT molecular complexity index is 2870. The maximum Gasteiger partial charge on any atom is 0.160 e. The van der Waals surface area contributed by atoms with Crippen LogP contribution >= 0.6 is 11.8 Å². The van der Waals surface area contributed by atoms with Crippen molar-refractivity contribution in [3.8, 4) is 50.7 Å². The SMILES string of the molecule is Cc1ccccc1Sc1c(C)ccc2c1C(C)(C)c1c-2ccc2c3ccccc3n(-c3ccc(-c4cc(-c5ccccc5)nc(-c5ccccc5)n4)cc3)c12. The Balaban J connectivity index is 1.14. The van der Waals surface area contributed by atoms with Crippen molar-refractivity contribution in [1.29, 1.82) is 0 Å². The minimum absolute atomic E-state index is 0.240. The minimum Gasteiger partial charge on any atom is -0.309 e. The van der Waals surface area contributed by atoms with Gasteiger partial charge in [-0.05, 0) is 77.6 Å². The number of para-hydroxylation sites is 1. The second kappa shape index (κ2) is 13.0. The maximum absolute atomic E-state index is 5.11. The zero-order chi connectivity index (χ0) is 37.3. The third-order valence-corrected chi connectivity index (χ3v) is 12.7. The van der Waals surface area contributed by atoms with Gasteiger partial charge in [0, 0.05) is 48.4 Å². The van der Waals surface area contributed by atoms with Crippen molar-refractivity contribution in [3.05, 3.63) is 186 Å². The van der Waals surface area contributed by atoms with Crippen LogP contribution in [-0.4, -0.2) is 14.5 Å². The number of aromatic nitrogens is 3. The first-order valence-corrected chi connectivity index (χ1v) is 19.7. The average molecular weight is 726 g/mol. The van der Waals surface area contributed by atoms with Crippen LogP contribution in [0.5, 0.6) is 0 Å². The molecule has 10 rings (SSSR count). The summed E-state index contributed by atoms with van der Waals surface area (Å²) in [4.78, 5) is 12.8. The van der Waals surface area contributed by atoms with Gasteiger partial charge in [-0.15, -0.1) is 0 Å². The number of hydrogen-bond acceptors (Lipinski definition) is 3. The van der Waals surface area contributed by atoms with Gasteiger partial charge in [-0.2, -0.15) is 0 Å². The number of fused-ring (bicyclic) bond motifs is 7. The van der Waals surface area contributed by atoms with Gasteiger partial charge in [0.25, 0.3) is 0 Å². The molecule has 2 aromatic heterocycles. The van der Waals surface area contributed by atoms with Gasteiger partial charge in [0.2, 0.25) is 0 Å². The maximum atomic E-state index is 5.11. The molecule has 3 nitrogen and oxygen atoms in total. The summed E-state index contributed by atoms with van der Waals surface area (Å²) in [5.41, 5.74) is 16.4. The average Bonchev–Trinajstić information content (AvgIpc) is 3.68. The Labute approximate surface area is 326 Å². The minimum atomic E-state index is -0.240. The molecule has 1 aliphatic carbocycles. The number of rotatable bonds is 6. The van der Waals surface area contributed by atoms with Gasteiger partial charge >= 0.3 is 0 Å². The lowest BCUT2D eigenvalue weighted by atomic mass is 9.81. The van der Waals surface area contributed by atoms with Gasteiger partial charge in [-0.1, -0.05) is 159 Å². The molecule has 0 saturated heterocycles. The van der Waals surface area contributed by atoms with E-state index in [9.17, 15) is 0 Å². The molecule has 264 valence electrons. The zero-order valence-electron chi connectivity index (χ0n) is 31.3. The summed E-state index contributed by atoms with van der Waals surface area (Å²) in [6.07, 6.45) is 0. The van der Waals surface area contributed by atoms with Crippen LogP contribution in [0.2, 0.25) is 0 Å². The molecule has 0 atom stereocenters. The van der Waals surface area contributed by atoms with Crippen molar-refractivity contribution in [3.63, 3.8) is 0 Å². The summed E-state index contributed by atoms with van der Waals surface area (Å²) >= 11 is 1.91. The fourth-order valence-electron chi connectivity index (χ4n) is 8.60. The van der Waals surface area contributed by atoms with Gasteiger partial charge in [0.15, 0.2) is 5.82 Å². The summed E-state index contributed by atoms with van der Waals surface area (Å²) in [7, 11) is 0. The van der Waals surface area contributed by atoms with Crippen LogP contribution in [0.25, 0.3) is 72.5 Å². The highest BCUT2D eigenvalue weighted by molar-refractivity contribution is 7.99. The van der Waals surface area contributed by atoms with Crippen LogP contribution < -0.4 is 0 Å². The number of benzene rings is 7. The monoisotopic (exact) mass is 725 g/mol. The molecule has 1 aliphatic rings. The van der Waals surface area contributed by atoms with Crippen LogP contribution in [0.1, 0.15) is 36.1 Å². The molecule has 2 heterocycles. The summed E-state index contributed by atoms with van der Waals surface area (Å²) in [5, 5.41) is 2.54. The number of aryl methyl sites for hydroxylation is 2. The summed E-state index contributed by atoms with van der Waals surface area (Å²) < 4.78 is 2.49. The van der Waals surface area contributed by atoms with Crippen molar-refractivity contribution >= 4 is 33.6 Å². The van der Waals surface area contributed by atoms with E-state index in [1.165, 1.54) is 65.0 Å². The molecule has 0 unspecified atom stereocenters. The molecule has 0 spiro atoms. The Morgan fingerprint density at radius 3 is 1.84 bits per heavy atom. The molecule has 0 saturated carbocycles. The smallest absolute Gasteiger partial charge is 0.160 e. The second-order valence-electron chi connectivity index (χ2n) is 15.1. The highest BCUT2D eigenvalue weighted by Crippen LogP contribution is 2.56. The molecule has 55 heavy (non-hydrogen) atoms. The Morgan fingerprint density at radius 2 is 1.11 bits per heavy atom. The Hall–Kier alpha value is -6.23. The standard InChI is InChI=1S/C51H39N3S/c1-32-15-11-14-22-45(32)55-49-33(2)23-28-40-39-29-30-41-38-20-12-13-21-44(38)54(48(41)46(39)51(3,4)47(40)49)37-26-24-35(25-27-37)43-31-42(34-16-7-5-8-17-34)52-50(53-43)36-18-9-6-10-19-36/h5-31H,1-4H3. The lowest BCUT2D eigenvalue weighted by Gasteiger charge is -2.26. The summed E-state index contributed by atoms with van der Waals surface area (Å²) in [5.74, 6) is 0.719. The van der Waals surface area contributed by atoms with E-state index in [4.69, 9.17) is 9.97 Å².